The van der Waals surface area contributed by atoms with E-state index in [-0.39, 0.29) is 5.91 Å². The molecule has 2 rings (SSSR count). The molecule has 0 aliphatic carbocycles. The minimum atomic E-state index is -0.944. The molecule has 4 nitrogen and oxygen atoms in total. The summed E-state index contributed by atoms with van der Waals surface area (Å²) < 4.78 is 0.854. The quantitative estimate of drug-likeness (QED) is 0.904. The van der Waals surface area contributed by atoms with Gasteiger partial charge >= 0.3 is 5.97 Å². The van der Waals surface area contributed by atoms with Crippen LogP contribution in [0.15, 0.2) is 22.7 Å². The maximum Gasteiger partial charge on any atom is 0.327 e. The standard InChI is InChI=1S/C12H12BrNO3S/c1-7-8(3-2-4-9(7)13)11(15)14-6-18-5-10(14)12(16)17/h2-4,10H,5-6H2,1H3,(H,16,17)/t10-/m0/s1. The number of aliphatic carboxylic acids is 1. The number of hydrogen-bond acceptors (Lipinski definition) is 3. The van der Waals surface area contributed by atoms with Crippen LogP contribution in [-0.4, -0.2) is 39.6 Å². The Labute approximate surface area is 117 Å². The van der Waals surface area contributed by atoms with E-state index in [1.54, 1.807) is 12.1 Å². The van der Waals surface area contributed by atoms with Crippen molar-refractivity contribution in [3.63, 3.8) is 0 Å². The van der Waals surface area contributed by atoms with Gasteiger partial charge in [0.15, 0.2) is 0 Å². The largest absolute Gasteiger partial charge is 0.480 e. The van der Waals surface area contributed by atoms with Crippen molar-refractivity contribution in [2.75, 3.05) is 11.6 Å². The summed E-state index contributed by atoms with van der Waals surface area (Å²) in [6.45, 7) is 1.84. The van der Waals surface area contributed by atoms with Gasteiger partial charge < -0.3 is 10.0 Å². The molecule has 1 heterocycles. The molecule has 96 valence electrons. The topological polar surface area (TPSA) is 57.6 Å². The molecule has 1 saturated heterocycles. The Kier molecular flexibility index (Phi) is 3.97. The Morgan fingerprint density at radius 2 is 2.22 bits per heavy atom. The first-order valence-electron chi connectivity index (χ1n) is 5.39. The highest BCUT2D eigenvalue weighted by molar-refractivity contribution is 9.10. The molecule has 1 aliphatic rings. The third-order valence-electron chi connectivity index (χ3n) is 2.93. The molecular formula is C12H12BrNO3S. The summed E-state index contributed by atoms with van der Waals surface area (Å²) in [7, 11) is 0. The highest BCUT2D eigenvalue weighted by atomic mass is 79.9. The van der Waals surface area contributed by atoms with Gasteiger partial charge in [0.1, 0.15) is 6.04 Å². The van der Waals surface area contributed by atoms with Gasteiger partial charge in [0.2, 0.25) is 0 Å². The fourth-order valence-corrected chi connectivity index (χ4v) is 3.35. The van der Waals surface area contributed by atoms with Crippen LogP contribution in [0.4, 0.5) is 0 Å². The molecule has 1 atom stereocenters. The van der Waals surface area contributed by atoms with Crippen molar-refractivity contribution >= 4 is 39.6 Å². The van der Waals surface area contributed by atoms with E-state index in [0.717, 1.165) is 10.0 Å². The summed E-state index contributed by atoms with van der Waals surface area (Å²) in [5.74, 6) is -0.275. The number of carbonyl (C=O) groups excluding carboxylic acids is 1. The molecule has 0 radical (unpaired) electrons. The highest BCUT2D eigenvalue weighted by Crippen LogP contribution is 2.26. The van der Waals surface area contributed by atoms with Crippen LogP contribution in [0, 0.1) is 6.92 Å². The predicted molar refractivity (Wildman–Crippen MR) is 73.8 cm³/mol. The molecule has 0 saturated carbocycles. The number of carbonyl (C=O) groups is 2. The van der Waals surface area contributed by atoms with E-state index in [0.29, 0.717) is 17.2 Å². The fraction of sp³-hybridized carbons (Fsp3) is 0.333. The average molecular weight is 330 g/mol. The van der Waals surface area contributed by atoms with E-state index < -0.39 is 12.0 Å². The third kappa shape index (κ3) is 2.40. The van der Waals surface area contributed by atoms with E-state index in [1.807, 2.05) is 13.0 Å². The van der Waals surface area contributed by atoms with Crippen molar-refractivity contribution in [1.29, 1.82) is 0 Å². The molecule has 1 aromatic carbocycles. The van der Waals surface area contributed by atoms with Crippen molar-refractivity contribution in [2.24, 2.45) is 0 Å². The van der Waals surface area contributed by atoms with E-state index in [9.17, 15) is 9.59 Å². The Morgan fingerprint density at radius 3 is 2.89 bits per heavy atom. The number of thioether (sulfide) groups is 1. The summed E-state index contributed by atoms with van der Waals surface area (Å²) in [6, 6.07) is 4.65. The van der Waals surface area contributed by atoms with Crippen molar-refractivity contribution in [2.45, 2.75) is 13.0 Å². The fourth-order valence-electron chi connectivity index (χ4n) is 1.84. The number of benzene rings is 1. The highest BCUT2D eigenvalue weighted by Gasteiger charge is 2.35. The first-order chi connectivity index (χ1) is 8.52. The van der Waals surface area contributed by atoms with Gasteiger partial charge in [0.25, 0.3) is 5.91 Å². The lowest BCUT2D eigenvalue weighted by molar-refractivity contribution is -0.140. The van der Waals surface area contributed by atoms with Gasteiger partial charge in [-0.15, -0.1) is 11.8 Å². The lowest BCUT2D eigenvalue weighted by Crippen LogP contribution is -2.42. The van der Waals surface area contributed by atoms with Crippen LogP contribution < -0.4 is 0 Å². The molecule has 1 aromatic rings. The van der Waals surface area contributed by atoms with E-state index in [4.69, 9.17) is 5.11 Å². The van der Waals surface area contributed by atoms with Crippen molar-refractivity contribution in [3.8, 4) is 0 Å². The van der Waals surface area contributed by atoms with Crippen LogP contribution in [0.5, 0.6) is 0 Å². The van der Waals surface area contributed by atoms with Crippen LogP contribution >= 0.6 is 27.7 Å². The number of carboxylic acid groups (broad SMARTS) is 1. The zero-order chi connectivity index (χ0) is 13.3. The van der Waals surface area contributed by atoms with Crippen LogP contribution in [0.25, 0.3) is 0 Å². The smallest absolute Gasteiger partial charge is 0.327 e. The summed E-state index contributed by atoms with van der Waals surface area (Å²) in [5, 5.41) is 9.09. The van der Waals surface area contributed by atoms with Gasteiger partial charge in [-0.2, -0.15) is 0 Å². The Morgan fingerprint density at radius 1 is 1.50 bits per heavy atom. The van der Waals surface area contributed by atoms with Crippen LogP contribution in [0.1, 0.15) is 15.9 Å². The van der Waals surface area contributed by atoms with E-state index in [1.165, 1.54) is 16.7 Å². The first kappa shape index (κ1) is 13.4. The molecule has 1 fully saturated rings. The minimum absolute atomic E-state index is 0.216. The summed E-state index contributed by atoms with van der Waals surface area (Å²) in [6.07, 6.45) is 0. The lowest BCUT2D eigenvalue weighted by atomic mass is 10.1. The molecule has 1 amide bonds. The van der Waals surface area contributed by atoms with Gasteiger partial charge in [-0.25, -0.2) is 4.79 Å². The van der Waals surface area contributed by atoms with Crippen molar-refractivity contribution < 1.29 is 14.7 Å². The molecule has 6 heteroatoms. The summed E-state index contributed by atoms with van der Waals surface area (Å²) in [5.41, 5.74) is 1.39. The first-order valence-corrected chi connectivity index (χ1v) is 7.33. The maximum atomic E-state index is 12.4. The van der Waals surface area contributed by atoms with Crippen molar-refractivity contribution in [3.05, 3.63) is 33.8 Å². The second-order valence-corrected chi connectivity index (χ2v) is 5.90. The molecule has 18 heavy (non-hydrogen) atoms. The zero-order valence-corrected chi connectivity index (χ0v) is 12.1. The van der Waals surface area contributed by atoms with E-state index >= 15 is 0 Å². The summed E-state index contributed by atoms with van der Waals surface area (Å²) >= 11 is 4.84. The molecular weight excluding hydrogens is 318 g/mol. The van der Waals surface area contributed by atoms with E-state index in [2.05, 4.69) is 15.9 Å². The van der Waals surface area contributed by atoms with Gasteiger partial charge in [-0.3, -0.25) is 4.79 Å². The number of nitrogens with zero attached hydrogens (tertiary/aromatic N) is 1. The zero-order valence-electron chi connectivity index (χ0n) is 9.72. The van der Waals surface area contributed by atoms with Crippen LogP contribution in [-0.2, 0) is 4.79 Å². The lowest BCUT2D eigenvalue weighted by Gasteiger charge is -2.21. The van der Waals surface area contributed by atoms with Crippen LogP contribution in [0.2, 0.25) is 0 Å². The minimum Gasteiger partial charge on any atom is -0.480 e. The second-order valence-electron chi connectivity index (χ2n) is 4.04. The maximum absolute atomic E-state index is 12.4. The number of amides is 1. The molecule has 1 aliphatic heterocycles. The number of halogens is 1. The third-order valence-corrected chi connectivity index (χ3v) is 4.80. The van der Waals surface area contributed by atoms with Gasteiger partial charge in [0, 0.05) is 15.8 Å². The predicted octanol–water partition coefficient (Wildman–Crippen LogP) is 2.36. The monoisotopic (exact) mass is 329 g/mol. The van der Waals surface area contributed by atoms with Gasteiger partial charge in [-0.1, -0.05) is 22.0 Å². The average Bonchev–Trinajstić information content (AvgIpc) is 2.81. The second kappa shape index (κ2) is 5.32. The van der Waals surface area contributed by atoms with Crippen LogP contribution in [0.3, 0.4) is 0 Å². The molecule has 0 aromatic heterocycles. The molecule has 1 N–H and O–H groups in total. The Balaban J connectivity index is 2.31. The van der Waals surface area contributed by atoms with Gasteiger partial charge in [-0.05, 0) is 24.6 Å². The normalized spacial score (nSPS) is 19.0. The number of hydrogen-bond donors (Lipinski definition) is 1. The van der Waals surface area contributed by atoms with Crippen molar-refractivity contribution in [1.82, 2.24) is 4.90 Å². The Bertz CT molecular complexity index is 506. The number of carboxylic acids is 1. The Hall–Kier alpha value is -1.01. The SMILES string of the molecule is Cc1c(Br)cccc1C(=O)N1CSC[C@H]1C(=O)O. The summed E-state index contributed by atoms with van der Waals surface area (Å²) in [4.78, 5) is 24.9. The molecule has 0 spiro atoms. The molecule has 0 unspecified atom stereocenters. The van der Waals surface area contributed by atoms with Gasteiger partial charge in [0.05, 0.1) is 5.88 Å². The number of rotatable bonds is 2. The molecule has 0 bridgehead atoms.